The third-order valence-corrected chi connectivity index (χ3v) is 23.2. The molecule has 0 spiro atoms. The molecule has 6 heterocycles. The molecular formula is C56H68O2S6. The molecule has 340 valence electrons. The van der Waals surface area contributed by atoms with E-state index in [1.165, 1.54) is 65.4 Å². The monoisotopic (exact) mass is 964 g/mol. The molecule has 0 radical (unpaired) electrons. The number of ketones is 2. The van der Waals surface area contributed by atoms with Gasteiger partial charge in [0.2, 0.25) is 0 Å². The molecule has 0 fully saturated rings. The highest BCUT2D eigenvalue weighted by Gasteiger charge is 2.42. The van der Waals surface area contributed by atoms with Crippen LogP contribution in [0.15, 0.2) is 48.5 Å². The summed E-state index contributed by atoms with van der Waals surface area (Å²) in [6.07, 6.45) is 15.4. The van der Waals surface area contributed by atoms with Crippen LogP contribution in [-0.4, -0.2) is 11.6 Å². The van der Waals surface area contributed by atoms with Crippen molar-refractivity contribution in [3.63, 3.8) is 0 Å². The lowest BCUT2D eigenvalue weighted by atomic mass is 9.81. The second-order valence-electron chi connectivity index (χ2n) is 19.1. The highest BCUT2D eigenvalue weighted by Crippen LogP contribution is 2.54. The Kier molecular flexibility index (Phi) is 14.8. The predicted molar refractivity (Wildman–Crippen MR) is 288 cm³/mol. The molecule has 2 atom stereocenters. The van der Waals surface area contributed by atoms with Gasteiger partial charge in [0.25, 0.3) is 0 Å². The number of benzene rings is 1. The summed E-state index contributed by atoms with van der Waals surface area (Å²) < 4.78 is 2.67. The minimum Gasteiger partial charge on any atom is -0.288 e. The van der Waals surface area contributed by atoms with Crippen LogP contribution in [0, 0.1) is 11.8 Å². The summed E-state index contributed by atoms with van der Waals surface area (Å²) in [6.45, 7) is 23.1. The average Bonchev–Trinajstić information content (AvgIpc) is 4.18. The van der Waals surface area contributed by atoms with Gasteiger partial charge in [0, 0.05) is 70.4 Å². The summed E-state index contributed by atoms with van der Waals surface area (Å²) >= 11 is 10.9. The van der Waals surface area contributed by atoms with Gasteiger partial charge in [-0.15, -0.1) is 68.0 Å². The van der Waals surface area contributed by atoms with Crippen molar-refractivity contribution in [2.45, 2.75) is 170 Å². The first kappa shape index (κ1) is 47.8. The largest absolute Gasteiger partial charge is 0.288 e. The Labute approximate surface area is 407 Å². The van der Waals surface area contributed by atoms with E-state index in [0.717, 1.165) is 105 Å². The highest BCUT2D eigenvalue weighted by molar-refractivity contribution is 7.30. The van der Waals surface area contributed by atoms with Gasteiger partial charge in [-0.25, -0.2) is 0 Å². The molecule has 0 aliphatic heterocycles. The third kappa shape index (κ3) is 8.80. The Morgan fingerprint density at radius 3 is 1.48 bits per heavy atom. The van der Waals surface area contributed by atoms with Gasteiger partial charge >= 0.3 is 0 Å². The zero-order valence-electron chi connectivity index (χ0n) is 39.9. The van der Waals surface area contributed by atoms with Crippen molar-refractivity contribution < 1.29 is 9.59 Å². The van der Waals surface area contributed by atoms with Crippen molar-refractivity contribution in [1.82, 2.24) is 0 Å². The molecular weight excluding hydrogens is 897 g/mol. The fraction of sp³-hybridized carbons (Fsp3) is 0.500. The van der Waals surface area contributed by atoms with Crippen LogP contribution in [0.2, 0.25) is 0 Å². The van der Waals surface area contributed by atoms with Crippen molar-refractivity contribution in [3.05, 3.63) is 90.3 Å². The van der Waals surface area contributed by atoms with Crippen LogP contribution in [-0.2, 0) is 23.7 Å². The Hall–Kier alpha value is -2.72. The maximum absolute atomic E-state index is 15.7. The molecule has 8 rings (SSSR count). The molecule has 1 aromatic carbocycles. The molecule has 6 aromatic heterocycles. The van der Waals surface area contributed by atoms with Crippen LogP contribution in [0.1, 0.15) is 198 Å². The van der Waals surface area contributed by atoms with Gasteiger partial charge in [-0.1, -0.05) is 121 Å². The zero-order valence-corrected chi connectivity index (χ0v) is 44.8. The second kappa shape index (κ2) is 19.9. The molecule has 1 aliphatic rings. The van der Waals surface area contributed by atoms with E-state index in [4.69, 9.17) is 0 Å². The topological polar surface area (TPSA) is 34.1 Å². The van der Waals surface area contributed by atoms with Gasteiger partial charge in [0.15, 0.2) is 11.6 Å². The fourth-order valence-electron chi connectivity index (χ4n) is 9.73. The van der Waals surface area contributed by atoms with E-state index in [9.17, 15) is 0 Å². The number of rotatable bonds is 21. The van der Waals surface area contributed by atoms with Crippen LogP contribution < -0.4 is 0 Å². The Morgan fingerprint density at radius 2 is 0.953 bits per heavy atom. The maximum atomic E-state index is 15.7. The first-order chi connectivity index (χ1) is 30.9. The number of hydrogen-bond donors (Lipinski definition) is 0. The van der Waals surface area contributed by atoms with Gasteiger partial charge < -0.3 is 0 Å². The van der Waals surface area contributed by atoms with E-state index in [1.54, 1.807) is 34.0 Å². The lowest BCUT2D eigenvalue weighted by molar-refractivity contribution is 0.0980. The quantitative estimate of drug-likeness (QED) is 0.0719. The fourth-order valence-corrected chi connectivity index (χ4v) is 17.6. The summed E-state index contributed by atoms with van der Waals surface area (Å²) in [7, 11) is 0. The van der Waals surface area contributed by atoms with Gasteiger partial charge in [-0.3, -0.25) is 9.59 Å². The number of hydrogen-bond acceptors (Lipinski definition) is 8. The van der Waals surface area contributed by atoms with Crippen molar-refractivity contribution in [2.75, 3.05) is 0 Å². The van der Waals surface area contributed by atoms with E-state index < -0.39 is 0 Å². The number of carbonyl (C=O) groups excluding carboxylic acids is 2. The molecule has 0 bridgehead atoms. The van der Waals surface area contributed by atoms with Crippen molar-refractivity contribution in [1.29, 1.82) is 0 Å². The number of fused-ring (bicyclic) bond motifs is 4. The first-order valence-corrected chi connectivity index (χ1v) is 29.4. The Morgan fingerprint density at radius 1 is 0.469 bits per heavy atom. The van der Waals surface area contributed by atoms with Crippen LogP contribution in [0.25, 0.3) is 49.4 Å². The van der Waals surface area contributed by atoms with Crippen LogP contribution >= 0.6 is 68.0 Å². The lowest BCUT2D eigenvalue weighted by Gasteiger charge is -2.25. The number of carbonyl (C=O) groups is 2. The molecule has 7 aromatic rings. The van der Waals surface area contributed by atoms with E-state index in [2.05, 4.69) is 118 Å². The van der Waals surface area contributed by atoms with Gasteiger partial charge in [0.05, 0.1) is 20.9 Å². The maximum Gasteiger partial charge on any atom is 0.197 e. The molecule has 0 saturated heterocycles. The molecule has 0 amide bonds. The summed E-state index contributed by atoms with van der Waals surface area (Å²) in [4.78, 5) is 43.1. The number of unbranched alkanes of at least 4 members (excludes halogenated alkanes) is 2. The molecule has 0 N–H and O–H groups in total. The first-order valence-electron chi connectivity index (χ1n) is 24.5. The van der Waals surface area contributed by atoms with Gasteiger partial charge in [0.1, 0.15) is 0 Å². The van der Waals surface area contributed by atoms with Crippen LogP contribution in [0.3, 0.4) is 0 Å². The van der Waals surface area contributed by atoms with Gasteiger partial charge in [-0.05, 0) is 110 Å². The molecule has 0 saturated carbocycles. The van der Waals surface area contributed by atoms with Crippen molar-refractivity contribution in [2.24, 2.45) is 11.8 Å². The predicted octanol–water partition coefficient (Wildman–Crippen LogP) is 19.8. The molecule has 2 unspecified atom stereocenters. The second-order valence-corrected chi connectivity index (χ2v) is 25.7. The standard InChI is InChI=1S/C56H68O2S6/c1-11-19-21-33(13-3)27-43-47-48(44(61-43)28-34(14-4)22-20-12-2)52(58)50-49(51(47)57)53(64-54(50)39-25-26-45(62-39)55(9,15-5)16-6)38-24-23-37(59-38)42-31-35-29-41-36(30-40(35)60-42)32-46(63-41)56(10,17-7)18-8/h23-26,29-34H,11-22,27-28H2,1-10H3. The molecule has 2 nitrogen and oxygen atoms in total. The van der Waals surface area contributed by atoms with E-state index in [0.29, 0.717) is 23.0 Å². The zero-order chi connectivity index (χ0) is 45.5. The van der Waals surface area contributed by atoms with Crippen LogP contribution in [0.4, 0.5) is 0 Å². The van der Waals surface area contributed by atoms with Gasteiger partial charge in [-0.2, -0.15) is 0 Å². The molecule has 64 heavy (non-hydrogen) atoms. The summed E-state index contributed by atoms with van der Waals surface area (Å²) in [5.41, 5.74) is 3.08. The van der Waals surface area contributed by atoms with E-state index in [1.807, 2.05) is 34.0 Å². The summed E-state index contributed by atoms with van der Waals surface area (Å²) in [5.74, 6) is 1.17. The summed E-state index contributed by atoms with van der Waals surface area (Å²) in [5, 5.41) is 2.63. The Bertz CT molecular complexity index is 2710. The minimum absolute atomic E-state index is 0.0721. The number of thiophene rings is 6. The average molecular weight is 966 g/mol. The molecule has 8 heteroatoms. The lowest BCUT2D eigenvalue weighted by Crippen LogP contribution is -2.22. The normalized spacial score (nSPS) is 14.3. The van der Waals surface area contributed by atoms with E-state index >= 15 is 9.59 Å². The van der Waals surface area contributed by atoms with Crippen molar-refractivity contribution >= 4 is 99.8 Å². The SMILES string of the molecule is CCCCC(CC)Cc1sc(CC(CC)CCCC)c2c1C(=O)c1c(-c3ccc(-c4cc5cc6sc(C(C)(CC)CC)cc6cc5s4)s3)sc(-c3ccc(C(C)(CC)CC)s3)c1C2=O. The van der Waals surface area contributed by atoms with Crippen LogP contribution in [0.5, 0.6) is 0 Å². The smallest absolute Gasteiger partial charge is 0.197 e. The Balaban J connectivity index is 1.26. The van der Waals surface area contributed by atoms with E-state index in [-0.39, 0.29) is 22.4 Å². The highest BCUT2D eigenvalue weighted by atomic mass is 32.1. The summed E-state index contributed by atoms with van der Waals surface area (Å²) in [6, 6.07) is 18.6. The minimum atomic E-state index is 0.0721. The molecule has 1 aliphatic carbocycles. The van der Waals surface area contributed by atoms with Crippen molar-refractivity contribution in [3.8, 4) is 29.3 Å². The third-order valence-electron chi connectivity index (χ3n) is 15.3.